The van der Waals surface area contributed by atoms with Crippen molar-refractivity contribution in [1.82, 2.24) is 15.1 Å². The van der Waals surface area contributed by atoms with Gasteiger partial charge >= 0.3 is 6.18 Å². The molecule has 1 aromatic carbocycles. The van der Waals surface area contributed by atoms with E-state index in [2.05, 4.69) is 10.4 Å². The second-order valence-electron chi connectivity index (χ2n) is 5.52. The Morgan fingerprint density at radius 3 is 2.50 bits per heavy atom. The Balaban J connectivity index is 2.02. The number of hydrogen-bond acceptors (Lipinski definition) is 3. The summed E-state index contributed by atoms with van der Waals surface area (Å²) < 4.78 is 38.7. The molecular weight excluding hydrogens is 323 g/mol. The van der Waals surface area contributed by atoms with E-state index in [0.29, 0.717) is 24.2 Å². The highest BCUT2D eigenvalue weighted by Crippen LogP contribution is 2.27. The maximum atomic E-state index is 12.5. The van der Waals surface area contributed by atoms with Crippen molar-refractivity contribution in [3.63, 3.8) is 0 Å². The molecule has 130 valence electrons. The molecule has 0 fully saturated rings. The summed E-state index contributed by atoms with van der Waals surface area (Å²) in [6.07, 6.45) is -2.68. The Bertz CT molecular complexity index is 681. The molecule has 0 saturated heterocycles. The minimum absolute atomic E-state index is 0.0650. The number of aromatic nitrogens is 2. The molecule has 24 heavy (non-hydrogen) atoms. The molecule has 2 rings (SSSR count). The SMILES string of the molecule is CC(CCO)CNC(=O)c1ccc(-n2ccc(C(F)(F)F)n2)cc1. The lowest BCUT2D eigenvalue weighted by atomic mass is 10.1. The fourth-order valence-electron chi connectivity index (χ4n) is 2.08. The zero-order valence-corrected chi connectivity index (χ0v) is 13.0. The van der Waals surface area contributed by atoms with Crippen molar-refractivity contribution >= 4 is 5.91 Å². The van der Waals surface area contributed by atoms with E-state index < -0.39 is 11.9 Å². The van der Waals surface area contributed by atoms with Gasteiger partial charge in [0, 0.05) is 24.9 Å². The summed E-state index contributed by atoms with van der Waals surface area (Å²) in [5.41, 5.74) is -0.143. The van der Waals surface area contributed by atoms with Gasteiger partial charge in [-0.3, -0.25) is 4.79 Å². The number of carbonyl (C=O) groups is 1. The molecular formula is C16H18F3N3O2. The molecule has 1 atom stereocenters. The molecule has 0 saturated carbocycles. The number of hydrogen-bond donors (Lipinski definition) is 2. The predicted octanol–water partition coefficient (Wildman–Crippen LogP) is 2.64. The average molecular weight is 341 g/mol. The molecule has 1 heterocycles. The Morgan fingerprint density at radius 1 is 1.29 bits per heavy atom. The number of amides is 1. The van der Waals surface area contributed by atoms with Crippen molar-refractivity contribution in [2.45, 2.75) is 19.5 Å². The highest BCUT2D eigenvalue weighted by molar-refractivity contribution is 5.94. The first kappa shape index (κ1) is 18.0. The van der Waals surface area contributed by atoms with Gasteiger partial charge in [-0.05, 0) is 42.7 Å². The van der Waals surface area contributed by atoms with E-state index in [1.54, 1.807) is 0 Å². The van der Waals surface area contributed by atoms with Crippen molar-refractivity contribution in [3.8, 4) is 5.69 Å². The lowest BCUT2D eigenvalue weighted by Crippen LogP contribution is -2.28. The Labute approximate surface area is 137 Å². The first-order valence-electron chi connectivity index (χ1n) is 7.43. The molecule has 0 spiro atoms. The maximum absolute atomic E-state index is 12.5. The molecule has 1 aromatic heterocycles. The lowest BCUT2D eigenvalue weighted by Gasteiger charge is -2.11. The van der Waals surface area contributed by atoms with Crippen LogP contribution in [0.5, 0.6) is 0 Å². The van der Waals surface area contributed by atoms with Gasteiger partial charge in [0.15, 0.2) is 5.69 Å². The van der Waals surface area contributed by atoms with Gasteiger partial charge in [0.25, 0.3) is 5.91 Å². The smallest absolute Gasteiger partial charge is 0.396 e. The summed E-state index contributed by atoms with van der Waals surface area (Å²) in [5.74, 6) is -0.120. The molecule has 2 aromatic rings. The number of nitrogens with zero attached hydrogens (tertiary/aromatic N) is 2. The molecule has 0 aliphatic rings. The van der Waals surface area contributed by atoms with Gasteiger partial charge in [-0.1, -0.05) is 6.92 Å². The summed E-state index contributed by atoms with van der Waals surface area (Å²) in [4.78, 5) is 12.0. The highest BCUT2D eigenvalue weighted by atomic mass is 19.4. The first-order valence-corrected chi connectivity index (χ1v) is 7.43. The van der Waals surface area contributed by atoms with Crippen LogP contribution in [0.4, 0.5) is 13.2 Å². The van der Waals surface area contributed by atoms with Crippen LogP contribution in [0.1, 0.15) is 29.4 Å². The molecule has 2 N–H and O–H groups in total. The number of aliphatic hydroxyl groups is 1. The molecule has 0 aliphatic carbocycles. The zero-order chi connectivity index (χ0) is 17.7. The minimum atomic E-state index is -4.49. The van der Waals surface area contributed by atoms with Crippen molar-refractivity contribution in [2.75, 3.05) is 13.2 Å². The first-order chi connectivity index (χ1) is 11.3. The Kier molecular flexibility index (Phi) is 5.61. The van der Waals surface area contributed by atoms with Gasteiger partial charge in [0.05, 0.1) is 5.69 Å². The van der Waals surface area contributed by atoms with Crippen LogP contribution in [0.15, 0.2) is 36.5 Å². The molecule has 8 heteroatoms. The summed E-state index contributed by atoms with van der Waals surface area (Å²) in [7, 11) is 0. The molecule has 0 radical (unpaired) electrons. The standard InChI is InChI=1S/C16H18F3N3O2/c1-11(7-9-23)10-20-15(24)12-2-4-13(5-3-12)22-8-6-14(21-22)16(17,18)19/h2-6,8,11,23H,7,9-10H2,1H3,(H,20,24). The second kappa shape index (κ2) is 7.48. The van der Waals surface area contributed by atoms with Gasteiger partial charge < -0.3 is 10.4 Å². The van der Waals surface area contributed by atoms with Crippen LogP contribution < -0.4 is 5.32 Å². The number of alkyl halides is 3. The fourth-order valence-corrected chi connectivity index (χ4v) is 2.08. The van der Waals surface area contributed by atoms with E-state index in [9.17, 15) is 18.0 Å². The summed E-state index contributed by atoms with van der Waals surface area (Å²) in [6.45, 7) is 2.42. The third-order valence-electron chi connectivity index (χ3n) is 3.51. The van der Waals surface area contributed by atoms with E-state index in [1.807, 2.05) is 6.92 Å². The number of rotatable bonds is 6. The van der Waals surface area contributed by atoms with Crippen LogP contribution in [0, 0.1) is 5.92 Å². The topological polar surface area (TPSA) is 67.2 Å². The van der Waals surface area contributed by atoms with Crippen molar-refractivity contribution in [1.29, 1.82) is 0 Å². The summed E-state index contributed by atoms with van der Waals surface area (Å²) >= 11 is 0. The van der Waals surface area contributed by atoms with Crippen LogP contribution in [0.2, 0.25) is 0 Å². The maximum Gasteiger partial charge on any atom is 0.435 e. The number of halogens is 3. The monoisotopic (exact) mass is 341 g/mol. The van der Waals surface area contributed by atoms with E-state index in [4.69, 9.17) is 5.11 Å². The van der Waals surface area contributed by atoms with Gasteiger partial charge in [-0.25, -0.2) is 4.68 Å². The largest absolute Gasteiger partial charge is 0.435 e. The Morgan fingerprint density at radius 2 is 1.96 bits per heavy atom. The molecule has 1 amide bonds. The number of carbonyl (C=O) groups excluding carboxylic acids is 1. The molecule has 5 nitrogen and oxygen atoms in total. The van der Waals surface area contributed by atoms with Crippen LogP contribution in [0.25, 0.3) is 5.69 Å². The van der Waals surface area contributed by atoms with Gasteiger partial charge in [-0.15, -0.1) is 0 Å². The van der Waals surface area contributed by atoms with Gasteiger partial charge in [0.1, 0.15) is 0 Å². The lowest BCUT2D eigenvalue weighted by molar-refractivity contribution is -0.141. The highest BCUT2D eigenvalue weighted by Gasteiger charge is 2.33. The summed E-state index contributed by atoms with van der Waals surface area (Å²) in [6, 6.07) is 6.99. The number of nitrogens with one attached hydrogen (secondary N) is 1. The van der Waals surface area contributed by atoms with E-state index in [1.165, 1.54) is 30.5 Å². The second-order valence-corrected chi connectivity index (χ2v) is 5.52. The van der Waals surface area contributed by atoms with E-state index >= 15 is 0 Å². The van der Waals surface area contributed by atoms with Crippen LogP contribution in [-0.2, 0) is 6.18 Å². The molecule has 1 unspecified atom stereocenters. The van der Waals surface area contributed by atoms with Gasteiger partial charge in [0.2, 0.25) is 0 Å². The molecule has 0 aliphatic heterocycles. The fraction of sp³-hybridized carbons (Fsp3) is 0.375. The third kappa shape index (κ3) is 4.58. The normalized spacial score (nSPS) is 12.9. The quantitative estimate of drug-likeness (QED) is 0.849. The number of benzene rings is 1. The van der Waals surface area contributed by atoms with Crippen molar-refractivity contribution in [3.05, 3.63) is 47.8 Å². The average Bonchev–Trinajstić information content (AvgIpc) is 3.03. The van der Waals surface area contributed by atoms with Crippen LogP contribution in [0.3, 0.4) is 0 Å². The Hall–Kier alpha value is -2.35. The van der Waals surface area contributed by atoms with Crippen LogP contribution in [-0.4, -0.2) is 33.9 Å². The van der Waals surface area contributed by atoms with E-state index in [0.717, 1.165) is 10.7 Å². The zero-order valence-electron chi connectivity index (χ0n) is 13.0. The van der Waals surface area contributed by atoms with Crippen LogP contribution >= 0.6 is 0 Å². The van der Waals surface area contributed by atoms with Gasteiger partial charge in [-0.2, -0.15) is 18.3 Å². The predicted molar refractivity (Wildman–Crippen MR) is 81.8 cm³/mol. The van der Waals surface area contributed by atoms with Crippen molar-refractivity contribution < 1.29 is 23.1 Å². The van der Waals surface area contributed by atoms with Crippen molar-refractivity contribution in [2.24, 2.45) is 5.92 Å². The number of aliphatic hydroxyl groups excluding tert-OH is 1. The third-order valence-corrected chi connectivity index (χ3v) is 3.51. The minimum Gasteiger partial charge on any atom is -0.396 e. The summed E-state index contributed by atoms with van der Waals surface area (Å²) in [5, 5.41) is 15.0. The van der Waals surface area contributed by atoms with E-state index in [-0.39, 0.29) is 18.4 Å². The molecule has 0 bridgehead atoms.